The third-order valence-corrected chi connectivity index (χ3v) is 11.9. The van der Waals surface area contributed by atoms with E-state index in [1.54, 1.807) is 11.8 Å². The molecule has 3 nitrogen and oxygen atoms in total. The second-order valence-electron chi connectivity index (χ2n) is 7.77. The lowest BCUT2D eigenvalue weighted by atomic mass is 10.3. The number of unbranched alkanes of at least 4 members (excludes halogenated alkanes) is 1. The maximum absolute atomic E-state index is 10.0. The lowest BCUT2D eigenvalue weighted by Gasteiger charge is -2.42. The van der Waals surface area contributed by atoms with Crippen molar-refractivity contribution in [2.45, 2.75) is 97.4 Å². The van der Waals surface area contributed by atoms with Crippen LogP contribution >= 0.6 is 11.8 Å². The molecule has 0 aromatic rings. The standard InChI is InChI=1S/C20H42O3SSi/c1-9-11-12-22-13-19(21)14-24-15-20(10-2)23-25(16(3)4,17(5)6)18(7)8/h15-19,21H,9-14H2,1-8H3/b20-15-/t19-/m0/s1. The Balaban J connectivity index is 4.71. The fourth-order valence-corrected chi connectivity index (χ4v) is 9.79. The first-order valence-electron chi connectivity index (χ1n) is 9.97. The maximum atomic E-state index is 10.0. The third kappa shape index (κ3) is 8.50. The van der Waals surface area contributed by atoms with Crippen molar-refractivity contribution in [3.63, 3.8) is 0 Å². The van der Waals surface area contributed by atoms with E-state index in [2.05, 4.69) is 60.8 Å². The highest BCUT2D eigenvalue weighted by molar-refractivity contribution is 8.02. The van der Waals surface area contributed by atoms with Crippen molar-refractivity contribution in [1.29, 1.82) is 0 Å². The minimum Gasteiger partial charge on any atom is -0.545 e. The Bertz CT molecular complexity index is 348. The second kappa shape index (κ2) is 13.2. The van der Waals surface area contributed by atoms with Crippen molar-refractivity contribution >= 4 is 20.1 Å². The molecule has 0 fully saturated rings. The fraction of sp³-hybridized carbons (Fsp3) is 0.900. The van der Waals surface area contributed by atoms with Crippen molar-refractivity contribution in [3.05, 3.63) is 11.2 Å². The highest BCUT2D eigenvalue weighted by Gasteiger charge is 2.47. The topological polar surface area (TPSA) is 38.7 Å². The average Bonchev–Trinajstić information content (AvgIpc) is 2.53. The fourth-order valence-electron chi connectivity index (χ4n) is 3.53. The Morgan fingerprint density at radius 3 is 2.04 bits per heavy atom. The van der Waals surface area contributed by atoms with E-state index >= 15 is 0 Å². The summed E-state index contributed by atoms with van der Waals surface area (Å²) in [4.78, 5) is 0. The molecule has 0 rings (SSSR count). The molecule has 1 atom stereocenters. The summed E-state index contributed by atoms with van der Waals surface area (Å²) in [5.74, 6) is 1.73. The summed E-state index contributed by atoms with van der Waals surface area (Å²) in [5.41, 5.74) is 1.72. The smallest absolute Gasteiger partial charge is 0.258 e. The molecule has 0 amide bonds. The van der Waals surface area contributed by atoms with Crippen molar-refractivity contribution in [1.82, 2.24) is 0 Å². The number of hydrogen-bond donors (Lipinski definition) is 1. The van der Waals surface area contributed by atoms with E-state index in [-0.39, 0.29) is 0 Å². The molecule has 5 heteroatoms. The van der Waals surface area contributed by atoms with Gasteiger partial charge in [-0.1, -0.05) is 61.8 Å². The summed E-state index contributed by atoms with van der Waals surface area (Å²) in [6, 6.07) is 0. The first kappa shape index (κ1) is 25.0. The molecule has 0 aromatic carbocycles. The van der Waals surface area contributed by atoms with Gasteiger partial charge >= 0.3 is 0 Å². The number of thioether (sulfide) groups is 1. The molecule has 0 spiro atoms. The zero-order valence-corrected chi connectivity index (χ0v) is 19.6. The predicted octanol–water partition coefficient (Wildman–Crippen LogP) is 6.34. The van der Waals surface area contributed by atoms with E-state index in [4.69, 9.17) is 9.16 Å². The van der Waals surface area contributed by atoms with E-state index < -0.39 is 14.4 Å². The van der Waals surface area contributed by atoms with Gasteiger partial charge in [0.05, 0.1) is 18.5 Å². The van der Waals surface area contributed by atoms with Gasteiger partial charge in [-0.3, -0.25) is 0 Å². The molecule has 0 aliphatic rings. The van der Waals surface area contributed by atoms with Crippen LogP contribution in [0.4, 0.5) is 0 Å². The van der Waals surface area contributed by atoms with Crippen LogP contribution in [0, 0.1) is 0 Å². The minimum atomic E-state index is -1.89. The molecule has 150 valence electrons. The first-order valence-corrected chi connectivity index (χ1v) is 13.2. The van der Waals surface area contributed by atoms with Gasteiger partial charge in [0.15, 0.2) is 0 Å². The van der Waals surface area contributed by atoms with Gasteiger partial charge in [0.25, 0.3) is 8.32 Å². The maximum Gasteiger partial charge on any atom is 0.258 e. The van der Waals surface area contributed by atoms with Gasteiger partial charge in [0.2, 0.25) is 0 Å². The molecule has 0 unspecified atom stereocenters. The zero-order valence-electron chi connectivity index (χ0n) is 17.8. The van der Waals surface area contributed by atoms with Gasteiger partial charge in [-0.25, -0.2) is 0 Å². The van der Waals surface area contributed by atoms with Crippen LogP contribution in [0.2, 0.25) is 16.6 Å². The van der Waals surface area contributed by atoms with Crippen LogP contribution in [0.3, 0.4) is 0 Å². The van der Waals surface area contributed by atoms with Gasteiger partial charge in [0, 0.05) is 24.2 Å². The van der Waals surface area contributed by atoms with Crippen LogP contribution in [-0.4, -0.2) is 38.5 Å². The summed E-state index contributed by atoms with van der Waals surface area (Å²) in [6.45, 7) is 19.3. The van der Waals surface area contributed by atoms with Crippen LogP contribution in [0.25, 0.3) is 0 Å². The summed E-state index contributed by atoms with van der Waals surface area (Å²) >= 11 is 1.64. The minimum absolute atomic E-state index is 0.418. The number of rotatable bonds is 14. The highest BCUT2D eigenvalue weighted by Crippen LogP contribution is 2.44. The number of aliphatic hydroxyl groups excluding tert-OH is 1. The molecule has 0 aromatic heterocycles. The molecule has 25 heavy (non-hydrogen) atoms. The summed E-state index contributed by atoms with van der Waals surface area (Å²) in [5, 5.41) is 12.1. The van der Waals surface area contributed by atoms with Crippen LogP contribution < -0.4 is 0 Å². The zero-order chi connectivity index (χ0) is 19.5. The second-order valence-corrected chi connectivity index (χ2v) is 14.1. The van der Waals surface area contributed by atoms with E-state index in [1.807, 2.05) is 0 Å². The Labute approximate surface area is 162 Å². The molecule has 0 aliphatic heterocycles. The number of allylic oxidation sites excluding steroid dienone is 1. The molecule has 0 aliphatic carbocycles. The quantitative estimate of drug-likeness (QED) is 0.213. The van der Waals surface area contributed by atoms with Gasteiger partial charge in [0.1, 0.15) is 0 Å². The molecular weight excluding hydrogens is 348 g/mol. The highest BCUT2D eigenvalue weighted by atomic mass is 32.2. The molecular formula is C20H42O3SSi. The lowest BCUT2D eigenvalue weighted by Crippen LogP contribution is -2.47. The van der Waals surface area contributed by atoms with Crippen LogP contribution in [0.1, 0.15) is 74.7 Å². The van der Waals surface area contributed by atoms with Crippen molar-refractivity contribution < 1.29 is 14.3 Å². The summed E-state index contributed by atoms with van der Waals surface area (Å²) in [7, 11) is -1.89. The summed E-state index contributed by atoms with van der Waals surface area (Å²) in [6.07, 6.45) is 2.66. The van der Waals surface area contributed by atoms with Gasteiger partial charge in [-0.05, 0) is 23.0 Å². The van der Waals surface area contributed by atoms with Crippen LogP contribution in [-0.2, 0) is 9.16 Å². The van der Waals surface area contributed by atoms with Gasteiger partial charge in [-0.2, -0.15) is 0 Å². The van der Waals surface area contributed by atoms with Crippen LogP contribution in [0.15, 0.2) is 11.2 Å². The average molecular weight is 391 g/mol. The van der Waals surface area contributed by atoms with Crippen LogP contribution in [0.5, 0.6) is 0 Å². The van der Waals surface area contributed by atoms with Gasteiger partial charge in [-0.15, -0.1) is 11.8 Å². The van der Waals surface area contributed by atoms with Gasteiger partial charge < -0.3 is 14.3 Å². The Kier molecular flexibility index (Phi) is 13.2. The first-order chi connectivity index (χ1) is 11.7. The lowest BCUT2D eigenvalue weighted by molar-refractivity contribution is 0.0474. The molecule has 1 N–H and O–H groups in total. The molecule has 0 saturated heterocycles. The SMILES string of the molecule is CCCCOC[C@H](O)CS/C=C(/CC)O[Si](C(C)C)(C(C)C)C(C)C. The molecule has 0 heterocycles. The van der Waals surface area contributed by atoms with E-state index in [0.717, 1.165) is 31.6 Å². The largest absolute Gasteiger partial charge is 0.545 e. The van der Waals surface area contributed by atoms with E-state index in [1.165, 1.54) is 0 Å². The third-order valence-electron chi connectivity index (χ3n) is 4.82. The Hall–Kier alpha value is 0.0269. The van der Waals surface area contributed by atoms with E-state index in [0.29, 0.717) is 29.0 Å². The number of hydrogen-bond acceptors (Lipinski definition) is 4. The molecule has 0 saturated carbocycles. The number of aliphatic hydroxyl groups is 1. The number of ether oxygens (including phenoxy) is 1. The monoisotopic (exact) mass is 390 g/mol. The molecule has 0 radical (unpaired) electrons. The predicted molar refractivity (Wildman–Crippen MR) is 115 cm³/mol. The van der Waals surface area contributed by atoms with E-state index in [9.17, 15) is 5.11 Å². The Morgan fingerprint density at radius 2 is 1.60 bits per heavy atom. The van der Waals surface area contributed by atoms with Crippen molar-refractivity contribution in [3.8, 4) is 0 Å². The normalized spacial score (nSPS) is 14.6. The Morgan fingerprint density at radius 1 is 1.04 bits per heavy atom. The molecule has 0 bridgehead atoms. The van der Waals surface area contributed by atoms with Crippen molar-refractivity contribution in [2.75, 3.05) is 19.0 Å². The van der Waals surface area contributed by atoms with Crippen molar-refractivity contribution in [2.24, 2.45) is 0 Å². The summed E-state index contributed by atoms with van der Waals surface area (Å²) < 4.78 is 12.2.